The predicted octanol–water partition coefficient (Wildman–Crippen LogP) is 2.03. The van der Waals surface area contributed by atoms with Crippen molar-refractivity contribution in [2.24, 2.45) is 0 Å². The molecule has 78 valence electrons. The SMILES string of the molecule is CC(O)CNc1ccc2ccccc2n1. The van der Waals surface area contributed by atoms with Crippen molar-refractivity contribution in [3.63, 3.8) is 0 Å². The van der Waals surface area contributed by atoms with Crippen LogP contribution in [0.2, 0.25) is 0 Å². The molecular formula is C12H14N2O. The number of aliphatic hydroxyl groups is 1. The number of benzene rings is 1. The topological polar surface area (TPSA) is 45.1 Å². The maximum absolute atomic E-state index is 9.14. The van der Waals surface area contributed by atoms with Crippen LogP contribution in [0.15, 0.2) is 36.4 Å². The van der Waals surface area contributed by atoms with E-state index in [1.54, 1.807) is 6.92 Å². The zero-order chi connectivity index (χ0) is 10.7. The number of anilines is 1. The molecule has 0 aliphatic rings. The highest BCUT2D eigenvalue weighted by atomic mass is 16.3. The maximum atomic E-state index is 9.14. The molecule has 0 aliphatic carbocycles. The summed E-state index contributed by atoms with van der Waals surface area (Å²) in [6.45, 7) is 2.26. The number of aliphatic hydroxyl groups excluding tert-OH is 1. The van der Waals surface area contributed by atoms with Crippen molar-refractivity contribution in [1.29, 1.82) is 0 Å². The third-order valence-corrected chi connectivity index (χ3v) is 2.18. The van der Waals surface area contributed by atoms with Crippen LogP contribution in [-0.2, 0) is 0 Å². The van der Waals surface area contributed by atoms with Crippen LogP contribution < -0.4 is 5.32 Å². The standard InChI is InChI=1S/C12H14N2O/c1-9(15)8-13-12-7-6-10-4-2-3-5-11(10)14-12/h2-7,9,15H,8H2,1H3,(H,13,14). The number of hydrogen-bond acceptors (Lipinski definition) is 3. The van der Waals surface area contributed by atoms with Crippen LogP contribution in [0.3, 0.4) is 0 Å². The Morgan fingerprint density at radius 2 is 2.07 bits per heavy atom. The fourth-order valence-corrected chi connectivity index (χ4v) is 1.42. The summed E-state index contributed by atoms with van der Waals surface area (Å²) in [6, 6.07) is 11.9. The maximum Gasteiger partial charge on any atom is 0.126 e. The van der Waals surface area contributed by atoms with Crippen LogP contribution in [0, 0.1) is 0 Å². The Bertz CT molecular complexity index is 454. The lowest BCUT2D eigenvalue weighted by molar-refractivity contribution is 0.208. The van der Waals surface area contributed by atoms with Gasteiger partial charge in [0.2, 0.25) is 0 Å². The second-order valence-electron chi connectivity index (χ2n) is 3.62. The van der Waals surface area contributed by atoms with Crippen molar-refractivity contribution in [1.82, 2.24) is 4.98 Å². The summed E-state index contributed by atoms with van der Waals surface area (Å²) in [5.74, 6) is 0.801. The van der Waals surface area contributed by atoms with Crippen molar-refractivity contribution in [2.45, 2.75) is 13.0 Å². The molecule has 0 amide bonds. The van der Waals surface area contributed by atoms with Crippen LogP contribution in [-0.4, -0.2) is 22.7 Å². The molecular weight excluding hydrogens is 188 g/mol. The number of nitrogens with one attached hydrogen (secondary N) is 1. The average molecular weight is 202 g/mol. The summed E-state index contributed by atoms with van der Waals surface area (Å²) in [7, 11) is 0. The number of rotatable bonds is 3. The van der Waals surface area contributed by atoms with E-state index in [-0.39, 0.29) is 6.10 Å². The summed E-state index contributed by atoms with van der Waals surface area (Å²) in [5.41, 5.74) is 0.966. The largest absolute Gasteiger partial charge is 0.392 e. The Hall–Kier alpha value is -1.61. The minimum Gasteiger partial charge on any atom is -0.392 e. The van der Waals surface area contributed by atoms with Crippen molar-refractivity contribution in [2.75, 3.05) is 11.9 Å². The highest BCUT2D eigenvalue weighted by Crippen LogP contribution is 2.14. The Balaban J connectivity index is 2.23. The fraction of sp³-hybridized carbons (Fsp3) is 0.250. The lowest BCUT2D eigenvalue weighted by Gasteiger charge is -2.08. The molecule has 2 rings (SSSR count). The molecule has 1 atom stereocenters. The van der Waals surface area contributed by atoms with E-state index >= 15 is 0 Å². The van der Waals surface area contributed by atoms with Gasteiger partial charge in [-0.05, 0) is 25.1 Å². The van der Waals surface area contributed by atoms with Crippen molar-refractivity contribution < 1.29 is 5.11 Å². The lowest BCUT2D eigenvalue weighted by atomic mass is 10.2. The second-order valence-corrected chi connectivity index (χ2v) is 3.62. The highest BCUT2D eigenvalue weighted by Gasteiger charge is 1.98. The summed E-state index contributed by atoms with van der Waals surface area (Å²) >= 11 is 0. The quantitative estimate of drug-likeness (QED) is 0.800. The third-order valence-electron chi connectivity index (χ3n) is 2.18. The molecule has 1 heterocycles. The molecule has 0 aliphatic heterocycles. The molecule has 0 bridgehead atoms. The van der Waals surface area contributed by atoms with E-state index < -0.39 is 0 Å². The van der Waals surface area contributed by atoms with Crippen LogP contribution in [0.25, 0.3) is 10.9 Å². The number of fused-ring (bicyclic) bond motifs is 1. The predicted molar refractivity (Wildman–Crippen MR) is 61.9 cm³/mol. The van der Waals surface area contributed by atoms with E-state index in [1.165, 1.54) is 0 Å². The van der Waals surface area contributed by atoms with E-state index in [4.69, 9.17) is 5.11 Å². The van der Waals surface area contributed by atoms with Crippen molar-refractivity contribution >= 4 is 16.7 Å². The monoisotopic (exact) mass is 202 g/mol. The third kappa shape index (κ3) is 2.44. The Labute approximate surface area is 88.8 Å². The molecule has 0 fully saturated rings. The zero-order valence-electron chi connectivity index (χ0n) is 8.64. The number of para-hydroxylation sites is 1. The molecule has 1 unspecified atom stereocenters. The first-order chi connectivity index (χ1) is 7.25. The van der Waals surface area contributed by atoms with E-state index in [0.29, 0.717) is 6.54 Å². The minimum atomic E-state index is -0.363. The van der Waals surface area contributed by atoms with Gasteiger partial charge in [0.05, 0.1) is 11.6 Å². The van der Waals surface area contributed by atoms with Gasteiger partial charge >= 0.3 is 0 Å². The van der Waals surface area contributed by atoms with Gasteiger partial charge in [-0.2, -0.15) is 0 Å². The van der Waals surface area contributed by atoms with E-state index in [0.717, 1.165) is 16.7 Å². The Morgan fingerprint density at radius 1 is 1.27 bits per heavy atom. The van der Waals surface area contributed by atoms with Gasteiger partial charge in [-0.3, -0.25) is 0 Å². The number of pyridine rings is 1. The van der Waals surface area contributed by atoms with Gasteiger partial charge in [0, 0.05) is 11.9 Å². The molecule has 2 N–H and O–H groups in total. The zero-order valence-corrected chi connectivity index (χ0v) is 8.64. The Kier molecular flexibility index (Phi) is 2.83. The van der Waals surface area contributed by atoms with Crippen molar-refractivity contribution in [3.8, 4) is 0 Å². The molecule has 15 heavy (non-hydrogen) atoms. The van der Waals surface area contributed by atoms with Gasteiger partial charge < -0.3 is 10.4 Å². The second kappa shape index (κ2) is 4.28. The van der Waals surface area contributed by atoms with Gasteiger partial charge in [-0.1, -0.05) is 18.2 Å². The average Bonchev–Trinajstić information content (AvgIpc) is 2.26. The van der Waals surface area contributed by atoms with Crippen LogP contribution in [0.4, 0.5) is 5.82 Å². The minimum absolute atomic E-state index is 0.363. The number of nitrogens with zero attached hydrogens (tertiary/aromatic N) is 1. The molecule has 3 heteroatoms. The van der Waals surface area contributed by atoms with Gasteiger partial charge in [0.15, 0.2) is 0 Å². The van der Waals surface area contributed by atoms with Gasteiger partial charge in [0.25, 0.3) is 0 Å². The lowest BCUT2D eigenvalue weighted by Crippen LogP contribution is -2.15. The van der Waals surface area contributed by atoms with Crippen LogP contribution in [0.1, 0.15) is 6.92 Å². The first-order valence-electron chi connectivity index (χ1n) is 5.03. The first-order valence-corrected chi connectivity index (χ1v) is 5.03. The van der Waals surface area contributed by atoms with Gasteiger partial charge in [-0.25, -0.2) is 4.98 Å². The number of hydrogen-bond donors (Lipinski definition) is 2. The normalized spacial score (nSPS) is 12.7. The first kappa shape index (κ1) is 9.93. The number of aromatic nitrogens is 1. The van der Waals surface area contributed by atoms with E-state index in [1.807, 2.05) is 36.4 Å². The molecule has 2 aromatic rings. The molecule has 0 saturated heterocycles. The molecule has 1 aromatic carbocycles. The van der Waals surface area contributed by atoms with Gasteiger partial charge in [0.1, 0.15) is 5.82 Å². The molecule has 0 radical (unpaired) electrons. The molecule has 1 aromatic heterocycles. The molecule has 3 nitrogen and oxygen atoms in total. The smallest absolute Gasteiger partial charge is 0.126 e. The summed E-state index contributed by atoms with van der Waals surface area (Å²) in [5, 5.41) is 13.3. The van der Waals surface area contributed by atoms with Crippen molar-refractivity contribution in [3.05, 3.63) is 36.4 Å². The summed E-state index contributed by atoms with van der Waals surface area (Å²) in [6.07, 6.45) is -0.363. The van der Waals surface area contributed by atoms with Crippen LogP contribution in [0.5, 0.6) is 0 Å². The summed E-state index contributed by atoms with van der Waals surface area (Å²) < 4.78 is 0. The van der Waals surface area contributed by atoms with E-state index in [2.05, 4.69) is 10.3 Å². The van der Waals surface area contributed by atoms with E-state index in [9.17, 15) is 0 Å². The highest BCUT2D eigenvalue weighted by molar-refractivity contribution is 5.79. The fourth-order valence-electron chi connectivity index (χ4n) is 1.42. The van der Waals surface area contributed by atoms with Crippen LogP contribution >= 0.6 is 0 Å². The Morgan fingerprint density at radius 3 is 2.87 bits per heavy atom. The molecule has 0 spiro atoms. The summed E-state index contributed by atoms with van der Waals surface area (Å²) in [4.78, 5) is 4.42. The van der Waals surface area contributed by atoms with Gasteiger partial charge in [-0.15, -0.1) is 0 Å². The molecule has 0 saturated carbocycles.